The predicted octanol–water partition coefficient (Wildman–Crippen LogP) is -0.290. The summed E-state index contributed by atoms with van der Waals surface area (Å²) in [4.78, 5) is 6.77. The molecule has 3 heterocycles. The summed E-state index contributed by atoms with van der Waals surface area (Å²) in [7, 11) is 1.91. The Balaban J connectivity index is 1.52. The molecule has 0 fully saturated rings. The summed E-state index contributed by atoms with van der Waals surface area (Å²) in [5.74, 6) is 1.15. The molecule has 0 radical (unpaired) electrons. The summed E-state index contributed by atoms with van der Waals surface area (Å²) < 4.78 is 4.13. The molecule has 2 aromatic rings. The van der Waals surface area contributed by atoms with Crippen LogP contribution in [0.4, 0.5) is 0 Å². The SMILES string of the molecule is CNCc1cn(CCN2CCn3ccnc3C2)nn1. The molecule has 0 spiro atoms. The van der Waals surface area contributed by atoms with Crippen molar-refractivity contribution in [2.24, 2.45) is 0 Å². The Morgan fingerprint density at radius 1 is 1.32 bits per heavy atom. The minimum atomic E-state index is 0.765. The fourth-order valence-corrected chi connectivity index (χ4v) is 2.37. The first kappa shape index (κ1) is 12.3. The van der Waals surface area contributed by atoms with Crippen LogP contribution in [0.5, 0.6) is 0 Å². The third-order valence-electron chi connectivity index (χ3n) is 3.41. The van der Waals surface area contributed by atoms with Crippen LogP contribution in [0.1, 0.15) is 11.5 Å². The normalized spacial score (nSPS) is 15.6. The van der Waals surface area contributed by atoms with E-state index in [0.717, 1.165) is 50.8 Å². The first-order valence-corrected chi connectivity index (χ1v) is 6.61. The Morgan fingerprint density at radius 2 is 2.26 bits per heavy atom. The van der Waals surface area contributed by atoms with E-state index in [1.54, 1.807) is 0 Å². The second-order valence-corrected chi connectivity index (χ2v) is 4.82. The second kappa shape index (κ2) is 5.50. The molecule has 0 bridgehead atoms. The van der Waals surface area contributed by atoms with Gasteiger partial charge in [0.15, 0.2) is 0 Å². The Hall–Kier alpha value is -1.73. The van der Waals surface area contributed by atoms with Crippen molar-refractivity contribution in [3.05, 3.63) is 30.1 Å². The maximum absolute atomic E-state index is 4.37. The quantitative estimate of drug-likeness (QED) is 0.801. The zero-order chi connectivity index (χ0) is 13.1. The highest BCUT2D eigenvalue weighted by Gasteiger charge is 2.16. The highest BCUT2D eigenvalue weighted by Crippen LogP contribution is 2.09. The summed E-state index contributed by atoms with van der Waals surface area (Å²) in [5.41, 5.74) is 0.983. The molecular formula is C12H19N7. The van der Waals surface area contributed by atoms with Crippen LogP contribution in [0.25, 0.3) is 0 Å². The number of hydrogen-bond donors (Lipinski definition) is 1. The van der Waals surface area contributed by atoms with Crippen LogP contribution in [-0.4, -0.2) is 49.6 Å². The predicted molar refractivity (Wildman–Crippen MR) is 70.3 cm³/mol. The summed E-state index contributed by atoms with van der Waals surface area (Å²) >= 11 is 0. The van der Waals surface area contributed by atoms with E-state index in [2.05, 4.69) is 30.1 Å². The van der Waals surface area contributed by atoms with E-state index in [4.69, 9.17) is 0 Å². The third kappa shape index (κ3) is 2.82. The van der Waals surface area contributed by atoms with Crippen molar-refractivity contribution >= 4 is 0 Å². The lowest BCUT2D eigenvalue weighted by Crippen LogP contribution is -2.35. The van der Waals surface area contributed by atoms with E-state index in [0.29, 0.717) is 0 Å². The summed E-state index contributed by atoms with van der Waals surface area (Å²) in [6.45, 7) is 5.64. The molecule has 19 heavy (non-hydrogen) atoms. The lowest BCUT2D eigenvalue weighted by molar-refractivity contribution is 0.206. The highest BCUT2D eigenvalue weighted by atomic mass is 15.4. The molecule has 0 unspecified atom stereocenters. The number of imidazole rings is 1. The molecule has 102 valence electrons. The number of rotatable bonds is 5. The van der Waals surface area contributed by atoms with Gasteiger partial charge in [-0.2, -0.15) is 0 Å². The van der Waals surface area contributed by atoms with Crippen LogP contribution < -0.4 is 5.32 Å². The average molecular weight is 261 g/mol. The molecule has 1 aliphatic heterocycles. The maximum atomic E-state index is 4.37. The van der Waals surface area contributed by atoms with Gasteiger partial charge in [0, 0.05) is 44.8 Å². The zero-order valence-electron chi connectivity index (χ0n) is 11.2. The molecule has 0 saturated carbocycles. The summed E-state index contributed by atoms with van der Waals surface area (Å²) in [6.07, 6.45) is 5.93. The molecule has 0 atom stereocenters. The van der Waals surface area contributed by atoms with E-state index in [9.17, 15) is 0 Å². The van der Waals surface area contributed by atoms with Crippen LogP contribution in [0.3, 0.4) is 0 Å². The van der Waals surface area contributed by atoms with Gasteiger partial charge in [0.25, 0.3) is 0 Å². The van der Waals surface area contributed by atoms with Crippen molar-refractivity contribution in [3.63, 3.8) is 0 Å². The van der Waals surface area contributed by atoms with Gasteiger partial charge < -0.3 is 9.88 Å². The molecule has 0 aromatic carbocycles. The first-order valence-electron chi connectivity index (χ1n) is 6.61. The van der Waals surface area contributed by atoms with Gasteiger partial charge in [-0.15, -0.1) is 5.10 Å². The number of hydrogen-bond acceptors (Lipinski definition) is 5. The minimum Gasteiger partial charge on any atom is -0.333 e. The monoisotopic (exact) mass is 261 g/mol. The van der Waals surface area contributed by atoms with Crippen LogP contribution >= 0.6 is 0 Å². The van der Waals surface area contributed by atoms with Gasteiger partial charge >= 0.3 is 0 Å². The zero-order valence-corrected chi connectivity index (χ0v) is 11.2. The fourth-order valence-electron chi connectivity index (χ4n) is 2.37. The summed E-state index contributed by atoms with van der Waals surface area (Å²) in [6, 6.07) is 0. The van der Waals surface area contributed by atoms with Crippen molar-refractivity contribution < 1.29 is 0 Å². The van der Waals surface area contributed by atoms with Crippen molar-refractivity contribution in [2.75, 3.05) is 20.1 Å². The Morgan fingerprint density at radius 3 is 3.16 bits per heavy atom. The maximum Gasteiger partial charge on any atom is 0.122 e. The van der Waals surface area contributed by atoms with E-state index >= 15 is 0 Å². The van der Waals surface area contributed by atoms with Gasteiger partial charge in [-0.1, -0.05) is 5.21 Å². The molecular weight excluding hydrogens is 242 g/mol. The minimum absolute atomic E-state index is 0.765. The Kier molecular flexibility index (Phi) is 3.56. The van der Waals surface area contributed by atoms with Gasteiger partial charge in [-0.3, -0.25) is 9.58 Å². The van der Waals surface area contributed by atoms with Gasteiger partial charge in [0.2, 0.25) is 0 Å². The smallest absolute Gasteiger partial charge is 0.122 e. The standard InChI is InChI=1S/C12H19N7/c1-13-8-11-9-19(16-15-11)7-5-17-4-6-18-3-2-14-12(18)10-17/h2-3,9,13H,4-8,10H2,1H3. The van der Waals surface area contributed by atoms with Crippen molar-refractivity contribution in [1.82, 2.24) is 34.8 Å². The third-order valence-corrected chi connectivity index (χ3v) is 3.41. The fraction of sp³-hybridized carbons (Fsp3) is 0.583. The van der Waals surface area contributed by atoms with Crippen LogP contribution in [0, 0.1) is 0 Å². The number of fused-ring (bicyclic) bond motifs is 1. The van der Waals surface area contributed by atoms with Crippen LogP contribution in [-0.2, 0) is 26.2 Å². The Labute approximate surface area is 112 Å². The van der Waals surface area contributed by atoms with Crippen LogP contribution in [0.15, 0.2) is 18.6 Å². The second-order valence-electron chi connectivity index (χ2n) is 4.82. The molecule has 1 aliphatic rings. The lowest BCUT2D eigenvalue weighted by Gasteiger charge is -2.27. The number of aromatic nitrogens is 5. The molecule has 0 amide bonds. The number of nitrogens with one attached hydrogen (secondary N) is 1. The molecule has 1 N–H and O–H groups in total. The van der Waals surface area contributed by atoms with E-state index in [1.165, 1.54) is 0 Å². The molecule has 2 aromatic heterocycles. The summed E-state index contributed by atoms with van der Waals surface area (Å²) in [5, 5.41) is 11.3. The van der Waals surface area contributed by atoms with E-state index in [1.807, 2.05) is 30.3 Å². The molecule has 0 saturated heterocycles. The van der Waals surface area contributed by atoms with Gasteiger partial charge in [0.1, 0.15) is 5.82 Å². The van der Waals surface area contributed by atoms with Crippen molar-refractivity contribution in [3.8, 4) is 0 Å². The lowest BCUT2D eigenvalue weighted by atomic mass is 10.3. The first-order chi connectivity index (χ1) is 9.35. The average Bonchev–Trinajstić information content (AvgIpc) is 3.04. The Bertz CT molecular complexity index is 530. The highest BCUT2D eigenvalue weighted by molar-refractivity contribution is 4.95. The molecule has 7 heteroatoms. The van der Waals surface area contributed by atoms with Crippen LogP contribution in [0.2, 0.25) is 0 Å². The molecule has 3 rings (SSSR count). The van der Waals surface area contributed by atoms with Crippen molar-refractivity contribution in [1.29, 1.82) is 0 Å². The number of nitrogens with zero attached hydrogens (tertiary/aromatic N) is 6. The van der Waals surface area contributed by atoms with Gasteiger partial charge in [-0.05, 0) is 7.05 Å². The van der Waals surface area contributed by atoms with E-state index < -0.39 is 0 Å². The van der Waals surface area contributed by atoms with Crippen molar-refractivity contribution in [2.45, 2.75) is 26.2 Å². The molecule has 7 nitrogen and oxygen atoms in total. The van der Waals surface area contributed by atoms with E-state index in [-0.39, 0.29) is 0 Å². The molecule has 0 aliphatic carbocycles. The van der Waals surface area contributed by atoms with Gasteiger partial charge in [0.05, 0.1) is 18.8 Å². The topological polar surface area (TPSA) is 63.8 Å². The largest absolute Gasteiger partial charge is 0.333 e. The van der Waals surface area contributed by atoms with Gasteiger partial charge in [-0.25, -0.2) is 4.98 Å².